The molecule has 0 spiro atoms. The first-order valence-corrected chi connectivity index (χ1v) is 6.93. The Morgan fingerprint density at radius 3 is 2.53 bits per heavy atom. The fourth-order valence-corrected chi connectivity index (χ4v) is 3.12. The van der Waals surface area contributed by atoms with Crippen LogP contribution in [-0.4, -0.2) is 5.25 Å². The van der Waals surface area contributed by atoms with Crippen LogP contribution in [0.4, 0.5) is 0 Å². The average Bonchev–Trinajstić information content (AvgIpc) is 2.17. The van der Waals surface area contributed by atoms with Crippen molar-refractivity contribution in [1.82, 2.24) is 0 Å². The molecule has 0 saturated carbocycles. The third-order valence-electron chi connectivity index (χ3n) is 2.37. The zero-order valence-corrected chi connectivity index (χ0v) is 11.9. The molecule has 0 aliphatic rings. The summed E-state index contributed by atoms with van der Waals surface area (Å²) in [6.07, 6.45) is 1.19. The predicted molar refractivity (Wildman–Crippen MR) is 72.4 cm³/mol. The van der Waals surface area contributed by atoms with Gasteiger partial charge in [-0.1, -0.05) is 35.8 Å². The summed E-state index contributed by atoms with van der Waals surface area (Å²) in [6, 6.07) is 6.51. The van der Waals surface area contributed by atoms with E-state index in [1.165, 1.54) is 16.9 Å². The van der Waals surface area contributed by atoms with Crippen molar-refractivity contribution in [2.75, 3.05) is 0 Å². The van der Waals surface area contributed by atoms with Crippen molar-refractivity contribution in [3.05, 3.63) is 28.2 Å². The fourth-order valence-electron chi connectivity index (χ4n) is 1.27. The van der Waals surface area contributed by atoms with Crippen molar-refractivity contribution in [2.24, 2.45) is 5.73 Å². The Hall–Kier alpha value is 0.01000. The van der Waals surface area contributed by atoms with E-state index in [0.717, 1.165) is 4.47 Å². The Bertz CT molecular complexity index is 325. The Balaban J connectivity index is 2.82. The average molecular weight is 288 g/mol. The molecular weight excluding hydrogens is 270 g/mol. The lowest BCUT2D eigenvalue weighted by atomic mass is 10.1. The van der Waals surface area contributed by atoms with E-state index in [-0.39, 0.29) is 6.04 Å². The van der Waals surface area contributed by atoms with E-state index in [2.05, 4.69) is 48.0 Å². The summed E-state index contributed by atoms with van der Waals surface area (Å²) in [5.41, 5.74) is 7.03. The van der Waals surface area contributed by atoms with E-state index in [1.54, 1.807) is 0 Å². The van der Waals surface area contributed by atoms with Crippen LogP contribution in [0.2, 0.25) is 0 Å². The van der Waals surface area contributed by atoms with Gasteiger partial charge in [-0.05, 0) is 31.0 Å². The molecule has 1 nitrogen and oxygen atoms in total. The number of thioether (sulfide) groups is 1. The molecule has 0 radical (unpaired) electrons. The molecule has 0 amide bonds. The zero-order valence-electron chi connectivity index (χ0n) is 9.46. The summed E-state index contributed by atoms with van der Waals surface area (Å²) in [7, 11) is 0. The number of rotatable bonds is 4. The highest BCUT2D eigenvalue weighted by Crippen LogP contribution is 2.30. The number of hydrogen-bond acceptors (Lipinski definition) is 2. The molecule has 0 aliphatic heterocycles. The van der Waals surface area contributed by atoms with Gasteiger partial charge in [-0.3, -0.25) is 0 Å². The molecule has 2 atom stereocenters. The number of nitrogens with two attached hydrogens (primary N) is 1. The van der Waals surface area contributed by atoms with Crippen LogP contribution in [0.3, 0.4) is 0 Å². The van der Waals surface area contributed by atoms with Crippen LogP contribution in [0.1, 0.15) is 38.8 Å². The molecule has 0 aromatic heterocycles. The number of benzene rings is 1. The molecule has 0 bridgehead atoms. The highest BCUT2D eigenvalue weighted by atomic mass is 79.9. The van der Waals surface area contributed by atoms with Crippen molar-refractivity contribution in [3.8, 4) is 0 Å². The van der Waals surface area contributed by atoms with E-state index in [9.17, 15) is 0 Å². The van der Waals surface area contributed by atoms with E-state index in [1.807, 2.05) is 18.7 Å². The third kappa shape index (κ3) is 3.82. The monoisotopic (exact) mass is 287 g/mol. The summed E-state index contributed by atoms with van der Waals surface area (Å²) < 4.78 is 1.12. The summed E-state index contributed by atoms with van der Waals surface area (Å²) in [4.78, 5) is 1.31. The van der Waals surface area contributed by atoms with Crippen molar-refractivity contribution in [2.45, 2.75) is 43.4 Å². The van der Waals surface area contributed by atoms with Gasteiger partial charge in [0.25, 0.3) is 0 Å². The van der Waals surface area contributed by atoms with Gasteiger partial charge in [-0.15, -0.1) is 11.8 Å². The molecule has 1 aromatic rings. The molecule has 15 heavy (non-hydrogen) atoms. The molecule has 1 rings (SSSR count). The maximum atomic E-state index is 5.86. The van der Waals surface area contributed by atoms with Crippen LogP contribution >= 0.6 is 27.7 Å². The summed E-state index contributed by atoms with van der Waals surface area (Å²) in [5, 5.41) is 0.665. The fraction of sp³-hybridized carbons (Fsp3) is 0.500. The number of halogens is 1. The Morgan fingerprint density at radius 2 is 2.07 bits per heavy atom. The largest absolute Gasteiger partial charge is 0.324 e. The first kappa shape index (κ1) is 13.1. The smallest absolute Gasteiger partial charge is 0.0277 e. The highest BCUT2D eigenvalue weighted by Gasteiger charge is 2.07. The normalized spacial score (nSPS) is 15.0. The highest BCUT2D eigenvalue weighted by molar-refractivity contribution is 9.10. The third-order valence-corrected chi connectivity index (χ3v) is 4.32. The van der Waals surface area contributed by atoms with Crippen LogP contribution in [0.25, 0.3) is 0 Å². The van der Waals surface area contributed by atoms with Crippen LogP contribution < -0.4 is 5.73 Å². The van der Waals surface area contributed by atoms with E-state index >= 15 is 0 Å². The van der Waals surface area contributed by atoms with Crippen LogP contribution in [-0.2, 0) is 0 Å². The molecule has 0 saturated heterocycles. The van der Waals surface area contributed by atoms with Gasteiger partial charge in [0.1, 0.15) is 0 Å². The lowest BCUT2D eigenvalue weighted by molar-refractivity contribution is 0.811. The quantitative estimate of drug-likeness (QED) is 0.833. The van der Waals surface area contributed by atoms with Gasteiger partial charge in [0, 0.05) is 20.7 Å². The molecular formula is C12H18BrNS. The minimum absolute atomic E-state index is 0.0852. The van der Waals surface area contributed by atoms with Crippen molar-refractivity contribution < 1.29 is 0 Å². The lowest BCUT2D eigenvalue weighted by Gasteiger charge is -2.12. The van der Waals surface area contributed by atoms with Gasteiger partial charge < -0.3 is 5.73 Å². The van der Waals surface area contributed by atoms with Gasteiger partial charge in [0.05, 0.1) is 0 Å². The molecule has 3 heteroatoms. The van der Waals surface area contributed by atoms with Gasteiger partial charge in [0.2, 0.25) is 0 Å². The van der Waals surface area contributed by atoms with E-state index in [0.29, 0.717) is 5.25 Å². The topological polar surface area (TPSA) is 26.0 Å². The molecule has 84 valence electrons. The van der Waals surface area contributed by atoms with Crippen molar-refractivity contribution >= 4 is 27.7 Å². The maximum Gasteiger partial charge on any atom is 0.0277 e. The molecule has 1 aromatic carbocycles. The zero-order chi connectivity index (χ0) is 11.4. The maximum absolute atomic E-state index is 5.86. The number of hydrogen-bond donors (Lipinski definition) is 1. The molecule has 0 fully saturated rings. The summed E-state index contributed by atoms with van der Waals surface area (Å²) in [5.74, 6) is 0. The van der Waals surface area contributed by atoms with E-state index in [4.69, 9.17) is 5.73 Å². The predicted octanol–water partition coefficient (Wildman–Crippen LogP) is 4.36. The van der Waals surface area contributed by atoms with Crippen LogP contribution in [0, 0.1) is 0 Å². The second kappa shape index (κ2) is 5.92. The van der Waals surface area contributed by atoms with E-state index < -0.39 is 0 Å². The Labute approximate surface area is 105 Å². The van der Waals surface area contributed by atoms with Gasteiger partial charge >= 0.3 is 0 Å². The second-order valence-corrected chi connectivity index (χ2v) is 6.17. The van der Waals surface area contributed by atoms with Crippen LogP contribution in [0.15, 0.2) is 27.6 Å². The molecule has 0 heterocycles. The Morgan fingerprint density at radius 1 is 1.40 bits per heavy atom. The molecule has 2 N–H and O–H groups in total. The standard InChI is InChI=1S/C12H18BrNS/c1-4-8(2)15-10-5-6-11(9(3)14)12(13)7-10/h5-9H,4,14H2,1-3H3/t8?,9-/m0/s1. The minimum atomic E-state index is 0.0852. The minimum Gasteiger partial charge on any atom is -0.324 e. The molecule has 0 aliphatic carbocycles. The lowest BCUT2D eigenvalue weighted by Crippen LogP contribution is -2.05. The van der Waals surface area contributed by atoms with Crippen LogP contribution in [0.5, 0.6) is 0 Å². The Kier molecular flexibility index (Phi) is 5.16. The second-order valence-electron chi connectivity index (χ2n) is 3.81. The first-order valence-electron chi connectivity index (χ1n) is 5.26. The van der Waals surface area contributed by atoms with Crippen molar-refractivity contribution in [1.29, 1.82) is 0 Å². The van der Waals surface area contributed by atoms with Gasteiger partial charge in [0.15, 0.2) is 0 Å². The SMILES string of the molecule is CCC(C)Sc1ccc([C@H](C)N)c(Br)c1. The summed E-state index contributed by atoms with van der Waals surface area (Å²) in [6.45, 7) is 6.46. The first-order chi connectivity index (χ1) is 7.04. The summed E-state index contributed by atoms with van der Waals surface area (Å²) >= 11 is 5.47. The van der Waals surface area contributed by atoms with Crippen molar-refractivity contribution in [3.63, 3.8) is 0 Å². The van der Waals surface area contributed by atoms with Gasteiger partial charge in [-0.25, -0.2) is 0 Å². The molecule has 1 unspecified atom stereocenters. The van der Waals surface area contributed by atoms with Gasteiger partial charge in [-0.2, -0.15) is 0 Å².